The minimum absolute atomic E-state index is 0.161. The second-order valence-corrected chi connectivity index (χ2v) is 10.9. The monoisotopic (exact) mass is 507 g/mol. The molecule has 0 saturated heterocycles. The molecule has 0 amide bonds. The maximum atomic E-state index is 14.7. The van der Waals surface area contributed by atoms with E-state index in [2.05, 4.69) is 14.7 Å². The topological polar surface area (TPSA) is 106 Å². The molecule has 1 unspecified atom stereocenters. The number of halogens is 4. The first-order chi connectivity index (χ1) is 14.4. The number of hydrogen-bond acceptors (Lipinski definition) is 6. The standard InChI is InChI=1S/C18H13Cl2F2N3O4S2/c1-30(26,27)25-16-7-12(14(20)9-23-16)18(13-6-11(21)3-4-15(13)22)31(28,29)17-5-2-10(19)8-24-17/h2-9,18H,1H3,(H,23,25). The molecule has 0 spiro atoms. The van der Waals surface area contributed by atoms with Gasteiger partial charge in [-0.05, 0) is 42.0 Å². The number of anilines is 1. The van der Waals surface area contributed by atoms with Crippen LogP contribution in [-0.4, -0.2) is 33.1 Å². The van der Waals surface area contributed by atoms with E-state index in [1.54, 1.807) is 0 Å². The number of nitrogens with one attached hydrogen (secondary N) is 1. The number of aromatic nitrogens is 2. The van der Waals surface area contributed by atoms with Gasteiger partial charge >= 0.3 is 0 Å². The van der Waals surface area contributed by atoms with Crippen LogP contribution in [0.4, 0.5) is 14.6 Å². The third-order valence-electron chi connectivity index (χ3n) is 4.00. The highest BCUT2D eigenvalue weighted by atomic mass is 35.5. The molecule has 0 radical (unpaired) electrons. The first-order valence-electron chi connectivity index (χ1n) is 8.32. The summed E-state index contributed by atoms with van der Waals surface area (Å²) < 4.78 is 80.7. The highest BCUT2D eigenvalue weighted by Crippen LogP contribution is 2.40. The van der Waals surface area contributed by atoms with Crippen molar-refractivity contribution in [3.8, 4) is 0 Å². The van der Waals surface area contributed by atoms with E-state index in [0.29, 0.717) is 6.07 Å². The lowest BCUT2D eigenvalue weighted by Gasteiger charge is -2.21. The number of sulfone groups is 1. The maximum absolute atomic E-state index is 14.7. The van der Waals surface area contributed by atoms with Crippen molar-refractivity contribution in [3.63, 3.8) is 0 Å². The Kier molecular flexibility index (Phi) is 6.51. The lowest BCUT2D eigenvalue weighted by molar-refractivity contribution is 0.567. The first kappa shape index (κ1) is 23.3. The third kappa shape index (κ3) is 5.29. The summed E-state index contributed by atoms with van der Waals surface area (Å²) >= 11 is 11.9. The Balaban J connectivity index is 2.31. The fraction of sp³-hybridized carbons (Fsp3) is 0.111. The summed E-state index contributed by atoms with van der Waals surface area (Å²) in [5.41, 5.74) is -0.778. The van der Waals surface area contributed by atoms with Crippen LogP contribution in [0.15, 0.2) is 53.8 Å². The van der Waals surface area contributed by atoms with Crippen molar-refractivity contribution in [1.82, 2.24) is 9.97 Å². The van der Waals surface area contributed by atoms with Crippen LogP contribution in [0.5, 0.6) is 0 Å². The maximum Gasteiger partial charge on any atom is 0.230 e. The molecular formula is C18H13Cl2F2N3O4S2. The second kappa shape index (κ2) is 8.65. The Morgan fingerprint density at radius 2 is 1.65 bits per heavy atom. The van der Waals surface area contributed by atoms with Crippen LogP contribution in [0.2, 0.25) is 10.0 Å². The lowest BCUT2D eigenvalue weighted by atomic mass is 10.0. The molecule has 0 saturated carbocycles. The van der Waals surface area contributed by atoms with Gasteiger partial charge in [0.05, 0.1) is 16.3 Å². The summed E-state index contributed by atoms with van der Waals surface area (Å²) in [5.74, 6) is -2.17. The van der Waals surface area contributed by atoms with Crippen molar-refractivity contribution in [2.45, 2.75) is 10.3 Å². The summed E-state index contributed by atoms with van der Waals surface area (Å²) in [6.45, 7) is 0. The molecule has 3 rings (SSSR count). The molecule has 1 atom stereocenters. The Morgan fingerprint density at radius 1 is 0.935 bits per heavy atom. The molecule has 0 aliphatic heterocycles. The Labute approximate surface area is 187 Å². The number of nitrogens with zero attached hydrogens (tertiary/aromatic N) is 2. The Morgan fingerprint density at radius 3 is 2.26 bits per heavy atom. The average Bonchev–Trinajstić information content (AvgIpc) is 2.66. The predicted molar refractivity (Wildman–Crippen MR) is 112 cm³/mol. The molecular weight excluding hydrogens is 495 g/mol. The molecule has 0 bridgehead atoms. The normalized spacial score (nSPS) is 13.1. The largest absolute Gasteiger partial charge is 0.268 e. The summed E-state index contributed by atoms with van der Waals surface area (Å²) in [7, 11) is -8.28. The zero-order valence-corrected chi connectivity index (χ0v) is 18.7. The minimum Gasteiger partial charge on any atom is -0.268 e. The number of sulfonamides is 1. The zero-order valence-electron chi connectivity index (χ0n) is 15.6. The fourth-order valence-corrected chi connectivity index (χ4v) is 5.39. The highest BCUT2D eigenvalue weighted by molar-refractivity contribution is 7.92. The summed E-state index contributed by atoms with van der Waals surface area (Å²) in [6, 6.07) is 5.72. The van der Waals surface area contributed by atoms with Gasteiger partial charge in [0, 0.05) is 18.0 Å². The average molecular weight is 508 g/mol. The van der Waals surface area contributed by atoms with Crippen molar-refractivity contribution in [3.05, 3.63) is 81.6 Å². The number of rotatable bonds is 6. The van der Waals surface area contributed by atoms with Crippen LogP contribution in [0.1, 0.15) is 16.4 Å². The van der Waals surface area contributed by atoms with Crippen LogP contribution >= 0.6 is 23.2 Å². The molecule has 0 aliphatic rings. The van der Waals surface area contributed by atoms with Crippen molar-refractivity contribution in [2.75, 3.05) is 11.0 Å². The SMILES string of the molecule is CS(=O)(=O)Nc1cc(C(c2cc(F)ccc2F)S(=O)(=O)c2ccc(Cl)cn2)c(Cl)cn1. The molecule has 0 fully saturated rings. The van der Waals surface area contributed by atoms with Crippen LogP contribution in [0, 0.1) is 11.6 Å². The van der Waals surface area contributed by atoms with Gasteiger partial charge in [-0.3, -0.25) is 4.72 Å². The van der Waals surface area contributed by atoms with Crippen molar-refractivity contribution >= 4 is 48.9 Å². The molecule has 164 valence electrons. The van der Waals surface area contributed by atoms with Gasteiger partial charge in [-0.25, -0.2) is 35.6 Å². The van der Waals surface area contributed by atoms with E-state index in [1.165, 1.54) is 6.07 Å². The number of pyridine rings is 2. The minimum atomic E-state index is -4.51. The summed E-state index contributed by atoms with van der Waals surface area (Å²) in [4.78, 5) is 7.57. The lowest BCUT2D eigenvalue weighted by Crippen LogP contribution is -2.19. The number of hydrogen-bond donors (Lipinski definition) is 1. The molecule has 31 heavy (non-hydrogen) atoms. The van der Waals surface area contributed by atoms with Gasteiger partial charge in [-0.2, -0.15) is 0 Å². The Bertz CT molecular complexity index is 1350. The van der Waals surface area contributed by atoms with Crippen LogP contribution < -0.4 is 4.72 Å². The van der Waals surface area contributed by atoms with Crippen molar-refractivity contribution < 1.29 is 25.6 Å². The van der Waals surface area contributed by atoms with Gasteiger partial charge in [0.1, 0.15) is 22.7 Å². The molecule has 13 heteroatoms. The second-order valence-electron chi connectivity index (χ2n) is 6.37. The van der Waals surface area contributed by atoms with E-state index in [4.69, 9.17) is 23.2 Å². The van der Waals surface area contributed by atoms with Crippen LogP contribution in [0.3, 0.4) is 0 Å². The van der Waals surface area contributed by atoms with Gasteiger partial charge in [-0.1, -0.05) is 23.2 Å². The van der Waals surface area contributed by atoms with Crippen LogP contribution in [-0.2, 0) is 19.9 Å². The quantitative estimate of drug-likeness (QED) is 0.540. The zero-order chi connectivity index (χ0) is 23.0. The third-order valence-corrected chi connectivity index (χ3v) is 7.07. The van der Waals surface area contributed by atoms with E-state index >= 15 is 0 Å². The number of benzene rings is 1. The van der Waals surface area contributed by atoms with Crippen molar-refractivity contribution in [2.24, 2.45) is 0 Å². The van der Waals surface area contributed by atoms with E-state index in [0.717, 1.165) is 42.9 Å². The smallest absolute Gasteiger partial charge is 0.230 e. The molecule has 7 nitrogen and oxygen atoms in total. The molecule has 0 aliphatic carbocycles. The van der Waals surface area contributed by atoms with Gasteiger partial charge < -0.3 is 0 Å². The van der Waals surface area contributed by atoms with Gasteiger partial charge in [0.2, 0.25) is 19.9 Å². The highest BCUT2D eigenvalue weighted by Gasteiger charge is 2.36. The van der Waals surface area contributed by atoms with Crippen LogP contribution in [0.25, 0.3) is 0 Å². The summed E-state index contributed by atoms with van der Waals surface area (Å²) in [5, 5.41) is -2.40. The van der Waals surface area contributed by atoms with E-state index < -0.39 is 47.3 Å². The first-order valence-corrected chi connectivity index (χ1v) is 12.5. The van der Waals surface area contributed by atoms with Gasteiger partial charge in [0.25, 0.3) is 0 Å². The molecule has 3 aromatic rings. The molecule has 2 aromatic heterocycles. The van der Waals surface area contributed by atoms with E-state index in [9.17, 15) is 25.6 Å². The van der Waals surface area contributed by atoms with Gasteiger partial charge in [0.15, 0.2) is 5.03 Å². The van der Waals surface area contributed by atoms with Crippen molar-refractivity contribution in [1.29, 1.82) is 0 Å². The molecule has 1 N–H and O–H groups in total. The molecule has 2 heterocycles. The predicted octanol–water partition coefficient (Wildman–Crippen LogP) is 4.00. The fourth-order valence-electron chi connectivity index (χ4n) is 2.77. The Hall–Kier alpha value is -2.34. The summed E-state index contributed by atoms with van der Waals surface area (Å²) in [6.07, 6.45) is 2.94. The van der Waals surface area contributed by atoms with Gasteiger partial charge in [-0.15, -0.1) is 0 Å². The van der Waals surface area contributed by atoms with E-state index in [1.807, 2.05) is 0 Å². The van der Waals surface area contributed by atoms with E-state index in [-0.39, 0.29) is 21.4 Å². The molecule has 1 aromatic carbocycles.